The highest BCUT2D eigenvalue weighted by Gasteiger charge is 2.11. The van der Waals surface area contributed by atoms with E-state index in [0.29, 0.717) is 0 Å². The van der Waals surface area contributed by atoms with Crippen molar-refractivity contribution < 1.29 is 0 Å². The molecule has 0 unspecified atom stereocenters. The Morgan fingerprint density at radius 3 is 2.55 bits per heavy atom. The lowest BCUT2D eigenvalue weighted by Crippen LogP contribution is -1.82. The molecule has 1 heterocycles. The fourth-order valence-corrected chi connectivity index (χ4v) is 3.30. The van der Waals surface area contributed by atoms with Gasteiger partial charge in [-0.1, -0.05) is 61.2 Å². The van der Waals surface area contributed by atoms with E-state index in [0.717, 1.165) is 0 Å². The van der Waals surface area contributed by atoms with E-state index in [1.807, 2.05) is 12.2 Å². The van der Waals surface area contributed by atoms with E-state index < -0.39 is 0 Å². The Balaban J connectivity index is 2.20. The third kappa shape index (κ3) is 1.79. The number of fused-ring (bicyclic) bond motifs is 5. The van der Waals surface area contributed by atoms with Gasteiger partial charge in [-0.2, -0.15) is 0 Å². The van der Waals surface area contributed by atoms with Gasteiger partial charge in [0, 0.05) is 21.8 Å². The Kier molecular flexibility index (Phi) is 2.87. The molecule has 1 aromatic heterocycles. The highest BCUT2D eigenvalue weighted by Crippen LogP contribution is 2.35. The van der Waals surface area contributed by atoms with Gasteiger partial charge in [0.05, 0.1) is 0 Å². The molecule has 0 aliphatic carbocycles. The lowest BCUT2D eigenvalue weighted by molar-refractivity contribution is 1.48. The van der Waals surface area contributed by atoms with Crippen LogP contribution in [0.15, 0.2) is 67.3 Å². The summed E-state index contributed by atoms with van der Waals surface area (Å²) in [6, 6.07) is 17.3. The van der Waals surface area contributed by atoms with Gasteiger partial charge in [-0.3, -0.25) is 0 Å². The van der Waals surface area contributed by atoms with Gasteiger partial charge in [0.25, 0.3) is 0 Å². The molecule has 0 spiro atoms. The zero-order valence-electron chi connectivity index (χ0n) is 12.6. The van der Waals surface area contributed by atoms with Crippen molar-refractivity contribution in [3.63, 3.8) is 0 Å². The molecule has 0 fully saturated rings. The number of aromatic amines is 1. The first-order chi connectivity index (χ1) is 10.8. The molecule has 3 aromatic carbocycles. The first-order valence-electron chi connectivity index (χ1n) is 7.51. The molecule has 0 aliphatic rings. The Labute approximate surface area is 129 Å². The van der Waals surface area contributed by atoms with Gasteiger partial charge in [0.15, 0.2) is 0 Å². The average molecular weight is 283 g/mol. The topological polar surface area (TPSA) is 15.8 Å². The van der Waals surface area contributed by atoms with Gasteiger partial charge in [-0.25, -0.2) is 0 Å². The van der Waals surface area contributed by atoms with Crippen molar-refractivity contribution in [2.45, 2.75) is 6.92 Å². The van der Waals surface area contributed by atoms with E-state index in [1.54, 1.807) is 0 Å². The summed E-state index contributed by atoms with van der Waals surface area (Å²) in [4.78, 5) is 3.55. The van der Waals surface area contributed by atoms with Crippen LogP contribution in [0.3, 0.4) is 0 Å². The van der Waals surface area contributed by atoms with E-state index in [1.165, 1.54) is 43.7 Å². The molecule has 4 rings (SSSR count). The molecular formula is C21H17N. The van der Waals surface area contributed by atoms with Gasteiger partial charge >= 0.3 is 0 Å². The number of nitrogens with one attached hydrogen (secondary N) is 1. The standard InChI is InChI=1S/C21H17N/c1-3-4-7-15-10-12-18-20(14(15)2)21-17-9-6-5-8-16(17)11-13-19(21)22-18/h3-13,22H,1H2,2H3/b7-4-. The van der Waals surface area contributed by atoms with Crippen LogP contribution < -0.4 is 0 Å². The maximum atomic E-state index is 3.76. The van der Waals surface area contributed by atoms with Crippen molar-refractivity contribution >= 4 is 38.7 Å². The zero-order chi connectivity index (χ0) is 15.1. The minimum atomic E-state index is 1.19. The van der Waals surface area contributed by atoms with Gasteiger partial charge < -0.3 is 4.98 Å². The predicted octanol–water partition coefficient (Wildman–Crippen LogP) is 5.98. The highest BCUT2D eigenvalue weighted by atomic mass is 14.7. The molecule has 0 bridgehead atoms. The first-order valence-corrected chi connectivity index (χ1v) is 7.51. The summed E-state index contributed by atoms with van der Waals surface area (Å²) in [7, 11) is 0. The van der Waals surface area contributed by atoms with Crippen LogP contribution in [0.2, 0.25) is 0 Å². The number of aromatic nitrogens is 1. The second kappa shape index (κ2) is 4.88. The molecule has 0 atom stereocenters. The lowest BCUT2D eigenvalue weighted by Gasteiger charge is -2.05. The maximum Gasteiger partial charge on any atom is 0.0471 e. The largest absolute Gasteiger partial charge is 0.354 e. The molecule has 1 N–H and O–H groups in total. The third-order valence-corrected chi connectivity index (χ3v) is 4.37. The molecule has 1 nitrogen and oxygen atoms in total. The Morgan fingerprint density at radius 1 is 0.909 bits per heavy atom. The van der Waals surface area contributed by atoms with Crippen molar-refractivity contribution in [2.24, 2.45) is 0 Å². The second-order valence-corrected chi connectivity index (χ2v) is 5.63. The summed E-state index contributed by atoms with van der Waals surface area (Å²) >= 11 is 0. The molecule has 0 saturated heterocycles. The van der Waals surface area contributed by atoms with Crippen LogP contribution in [-0.4, -0.2) is 4.98 Å². The molecule has 0 saturated carbocycles. The van der Waals surface area contributed by atoms with Crippen LogP contribution >= 0.6 is 0 Å². The van der Waals surface area contributed by atoms with Crippen LogP contribution in [0.5, 0.6) is 0 Å². The van der Waals surface area contributed by atoms with E-state index in [4.69, 9.17) is 0 Å². The minimum absolute atomic E-state index is 1.19. The summed E-state index contributed by atoms with van der Waals surface area (Å²) in [5.74, 6) is 0. The van der Waals surface area contributed by atoms with E-state index in [-0.39, 0.29) is 0 Å². The Morgan fingerprint density at radius 2 is 1.68 bits per heavy atom. The first kappa shape index (κ1) is 12.9. The molecule has 22 heavy (non-hydrogen) atoms. The number of hydrogen-bond donors (Lipinski definition) is 1. The van der Waals surface area contributed by atoms with Gasteiger partial charge in [0.2, 0.25) is 0 Å². The van der Waals surface area contributed by atoms with Crippen LogP contribution in [0.25, 0.3) is 38.7 Å². The van der Waals surface area contributed by atoms with Crippen LogP contribution in [0.4, 0.5) is 0 Å². The lowest BCUT2D eigenvalue weighted by atomic mass is 9.98. The Hall–Kier alpha value is -2.80. The smallest absolute Gasteiger partial charge is 0.0471 e. The summed E-state index contributed by atoms with van der Waals surface area (Å²) in [5.41, 5.74) is 4.93. The quantitative estimate of drug-likeness (QED) is 0.435. The summed E-state index contributed by atoms with van der Waals surface area (Å²) < 4.78 is 0. The SMILES string of the molecule is C=C/C=C\c1ccc2[nH]c3ccc4ccccc4c3c2c1C. The monoisotopic (exact) mass is 283 g/mol. The number of rotatable bonds is 2. The molecule has 0 aliphatic heterocycles. The maximum absolute atomic E-state index is 3.76. The van der Waals surface area contributed by atoms with E-state index in [9.17, 15) is 0 Å². The van der Waals surface area contributed by atoms with Crippen molar-refractivity contribution in [3.05, 3.63) is 78.4 Å². The average Bonchev–Trinajstić information content (AvgIpc) is 2.94. The zero-order valence-corrected chi connectivity index (χ0v) is 12.6. The molecule has 0 amide bonds. The molecule has 106 valence electrons. The van der Waals surface area contributed by atoms with Crippen molar-refractivity contribution in [1.82, 2.24) is 4.98 Å². The number of H-pyrrole nitrogens is 1. The fourth-order valence-electron chi connectivity index (χ4n) is 3.30. The predicted molar refractivity (Wildman–Crippen MR) is 97.3 cm³/mol. The summed E-state index contributed by atoms with van der Waals surface area (Å²) in [6.07, 6.45) is 5.92. The summed E-state index contributed by atoms with van der Waals surface area (Å²) in [5, 5.41) is 5.22. The minimum Gasteiger partial charge on any atom is -0.354 e. The van der Waals surface area contributed by atoms with Crippen LogP contribution in [0.1, 0.15) is 11.1 Å². The highest BCUT2D eigenvalue weighted by molar-refractivity contribution is 6.21. The number of allylic oxidation sites excluding steroid dienone is 2. The summed E-state index contributed by atoms with van der Waals surface area (Å²) in [6.45, 7) is 5.95. The van der Waals surface area contributed by atoms with Crippen LogP contribution in [0, 0.1) is 6.92 Å². The van der Waals surface area contributed by atoms with Crippen molar-refractivity contribution in [1.29, 1.82) is 0 Å². The molecule has 4 aromatic rings. The number of benzene rings is 3. The van der Waals surface area contributed by atoms with E-state index >= 15 is 0 Å². The fraction of sp³-hybridized carbons (Fsp3) is 0.0476. The number of aryl methyl sites for hydroxylation is 1. The van der Waals surface area contributed by atoms with E-state index in [2.05, 4.69) is 73.1 Å². The third-order valence-electron chi connectivity index (χ3n) is 4.37. The number of hydrogen-bond acceptors (Lipinski definition) is 0. The van der Waals surface area contributed by atoms with Gasteiger partial charge in [-0.15, -0.1) is 0 Å². The van der Waals surface area contributed by atoms with Gasteiger partial charge in [0.1, 0.15) is 0 Å². The van der Waals surface area contributed by atoms with Crippen molar-refractivity contribution in [3.8, 4) is 0 Å². The normalized spacial score (nSPS) is 11.9. The van der Waals surface area contributed by atoms with Crippen molar-refractivity contribution in [2.75, 3.05) is 0 Å². The molecular weight excluding hydrogens is 266 g/mol. The molecule has 0 radical (unpaired) electrons. The Bertz CT molecular complexity index is 1050. The molecule has 1 heteroatoms. The van der Waals surface area contributed by atoms with Gasteiger partial charge in [-0.05, 0) is 41.0 Å². The van der Waals surface area contributed by atoms with Crippen LogP contribution in [-0.2, 0) is 0 Å². The second-order valence-electron chi connectivity index (χ2n) is 5.63.